The normalized spacial score (nSPS) is 9.94. The summed E-state index contributed by atoms with van der Waals surface area (Å²) in [6, 6.07) is 7.71. The van der Waals surface area contributed by atoms with E-state index in [4.69, 9.17) is 0 Å². The van der Waals surface area contributed by atoms with Crippen molar-refractivity contribution in [3.05, 3.63) is 29.8 Å². The molecule has 0 aromatic heterocycles. The number of para-hydroxylation sites is 1. The Labute approximate surface area is 96.6 Å². The topological polar surface area (TPSA) is 44.4 Å². The highest BCUT2D eigenvalue weighted by Crippen LogP contribution is 2.14. The van der Waals surface area contributed by atoms with Crippen molar-refractivity contribution < 1.29 is 4.79 Å². The van der Waals surface area contributed by atoms with Crippen LogP contribution in [0.5, 0.6) is 0 Å². The quantitative estimate of drug-likeness (QED) is 0.815. The molecule has 1 aromatic rings. The van der Waals surface area contributed by atoms with Gasteiger partial charge in [-0.25, -0.2) is 4.79 Å². The van der Waals surface area contributed by atoms with Gasteiger partial charge in [-0.05, 0) is 25.6 Å². The first-order valence-corrected chi connectivity index (χ1v) is 5.43. The summed E-state index contributed by atoms with van der Waals surface area (Å²) in [6.07, 6.45) is 0. The molecule has 0 atom stereocenters. The smallest absolute Gasteiger partial charge is 0.321 e. The molecule has 1 rings (SSSR count). The van der Waals surface area contributed by atoms with E-state index >= 15 is 0 Å². The average Bonchev–Trinajstić information content (AvgIpc) is 2.31. The summed E-state index contributed by atoms with van der Waals surface area (Å²) in [5.41, 5.74) is 1.95. The Hall–Kier alpha value is -1.55. The van der Waals surface area contributed by atoms with Crippen molar-refractivity contribution in [2.75, 3.05) is 26.0 Å². The van der Waals surface area contributed by atoms with Gasteiger partial charge in [0.25, 0.3) is 0 Å². The molecule has 0 heterocycles. The lowest BCUT2D eigenvalue weighted by atomic mass is 10.2. The highest BCUT2D eigenvalue weighted by atomic mass is 16.2. The van der Waals surface area contributed by atoms with E-state index in [2.05, 4.69) is 10.6 Å². The molecule has 0 aliphatic carbocycles. The van der Waals surface area contributed by atoms with E-state index in [0.717, 1.165) is 17.8 Å². The van der Waals surface area contributed by atoms with Crippen LogP contribution in [0.25, 0.3) is 0 Å². The molecule has 0 saturated carbocycles. The first kappa shape index (κ1) is 12.5. The Kier molecular flexibility index (Phi) is 4.79. The zero-order valence-electron chi connectivity index (χ0n) is 10.1. The van der Waals surface area contributed by atoms with Crippen LogP contribution < -0.4 is 10.6 Å². The molecule has 0 spiro atoms. The molecule has 2 amide bonds. The number of carbonyl (C=O) groups is 1. The fourth-order valence-corrected chi connectivity index (χ4v) is 1.34. The largest absolute Gasteiger partial charge is 0.328 e. The van der Waals surface area contributed by atoms with Crippen molar-refractivity contribution in [2.45, 2.75) is 13.5 Å². The number of carbonyl (C=O) groups excluding carboxylic acids is 1. The van der Waals surface area contributed by atoms with Crippen molar-refractivity contribution in [3.63, 3.8) is 0 Å². The summed E-state index contributed by atoms with van der Waals surface area (Å²) in [5, 5.41) is 5.97. The summed E-state index contributed by atoms with van der Waals surface area (Å²) in [4.78, 5) is 13.3. The number of benzene rings is 1. The van der Waals surface area contributed by atoms with E-state index in [-0.39, 0.29) is 6.03 Å². The van der Waals surface area contributed by atoms with E-state index in [1.165, 1.54) is 0 Å². The molecule has 4 heteroatoms. The van der Waals surface area contributed by atoms with E-state index in [1.807, 2.05) is 38.2 Å². The lowest BCUT2D eigenvalue weighted by molar-refractivity contribution is 0.224. The molecule has 16 heavy (non-hydrogen) atoms. The number of hydrogen-bond donors (Lipinski definition) is 2. The van der Waals surface area contributed by atoms with Crippen molar-refractivity contribution in [3.8, 4) is 0 Å². The van der Waals surface area contributed by atoms with Crippen LogP contribution in [0, 0.1) is 0 Å². The molecule has 0 saturated heterocycles. The Bertz CT molecular complexity index is 352. The second-order valence-electron chi connectivity index (χ2n) is 3.63. The van der Waals surface area contributed by atoms with Gasteiger partial charge in [0.2, 0.25) is 0 Å². The minimum atomic E-state index is -0.0777. The molecule has 0 fully saturated rings. The monoisotopic (exact) mass is 221 g/mol. The van der Waals surface area contributed by atoms with Gasteiger partial charge in [-0.15, -0.1) is 0 Å². The number of nitrogens with zero attached hydrogens (tertiary/aromatic N) is 1. The van der Waals surface area contributed by atoms with Crippen molar-refractivity contribution >= 4 is 11.7 Å². The van der Waals surface area contributed by atoms with E-state index in [9.17, 15) is 4.79 Å². The lowest BCUT2D eigenvalue weighted by Gasteiger charge is -2.17. The van der Waals surface area contributed by atoms with Gasteiger partial charge in [-0.2, -0.15) is 0 Å². The maximum Gasteiger partial charge on any atom is 0.321 e. The van der Waals surface area contributed by atoms with Gasteiger partial charge in [-0.1, -0.05) is 18.2 Å². The predicted octanol–water partition coefficient (Wildman–Crippen LogP) is 1.89. The standard InChI is InChI=1S/C12H19N3O/c1-4-15(3)12(16)14-11-8-6-5-7-10(11)9-13-2/h5-8,13H,4,9H2,1-3H3,(H,14,16). The Morgan fingerprint density at radius 2 is 2.06 bits per heavy atom. The maximum absolute atomic E-state index is 11.7. The van der Waals surface area contributed by atoms with Crippen LogP contribution in [0.4, 0.5) is 10.5 Å². The summed E-state index contributed by atoms with van der Waals surface area (Å²) in [5.74, 6) is 0. The fourth-order valence-electron chi connectivity index (χ4n) is 1.34. The highest BCUT2D eigenvalue weighted by molar-refractivity contribution is 5.89. The Morgan fingerprint density at radius 3 is 2.69 bits per heavy atom. The van der Waals surface area contributed by atoms with Crippen molar-refractivity contribution in [1.82, 2.24) is 10.2 Å². The summed E-state index contributed by atoms with van der Waals surface area (Å²) in [7, 11) is 3.66. The third kappa shape index (κ3) is 3.24. The maximum atomic E-state index is 11.7. The van der Waals surface area contributed by atoms with Gasteiger partial charge in [0, 0.05) is 25.8 Å². The first-order chi connectivity index (χ1) is 7.69. The molecule has 1 aromatic carbocycles. The Balaban J connectivity index is 2.76. The highest BCUT2D eigenvalue weighted by Gasteiger charge is 2.08. The molecular formula is C12H19N3O. The summed E-state index contributed by atoms with van der Waals surface area (Å²) in [6.45, 7) is 3.38. The van der Waals surface area contributed by atoms with Gasteiger partial charge in [0.1, 0.15) is 0 Å². The van der Waals surface area contributed by atoms with Crippen LogP contribution in [-0.2, 0) is 6.54 Å². The minimum Gasteiger partial charge on any atom is -0.328 e. The molecule has 0 aliphatic heterocycles. The van der Waals surface area contributed by atoms with Gasteiger partial charge >= 0.3 is 6.03 Å². The molecule has 4 nitrogen and oxygen atoms in total. The second kappa shape index (κ2) is 6.12. The van der Waals surface area contributed by atoms with Gasteiger partial charge in [-0.3, -0.25) is 0 Å². The zero-order chi connectivity index (χ0) is 12.0. The van der Waals surface area contributed by atoms with Crippen LogP contribution in [-0.4, -0.2) is 31.6 Å². The third-order valence-corrected chi connectivity index (χ3v) is 2.45. The molecular weight excluding hydrogens is 202 g/mol. The van der Waals surface area contributed by atoms with Crippen LogP contribution in [0.3, 0.4) is 0 Å². The van der Waals surface area contributed by atoms with Crippen molar-refractivity contribution in [2.24, 2.45) is 0 Å². The molecule has 0 bridgehead atoms. The zero-order valence-corrected chi connectivity index (χ0v) is 10.1. The van der Waals surface area contributed by atoms with Gasteiger partial charge < -0.3 is 15.5 Å². The van der Waals surface area contributed by atoms with E-state index in [1.54, 1.807) is 11.9 Å². The summed E-state index contributed by atoms with van der Waals surface area (Å²) < 4.78 is 0. The minimum absolute atomic E-state index is 0.0777. The molecule has 2 N–H and O–H groups in total. The molecule has 0 unspecified atom stereocenters. The van der Waals surface area contributed by atoms with Gasteiger partial charge in [0.05, 0.1) is 0 Å². The van der Waals surface area contributed by atoms with Gasteiger partial charge in [0.15, 0.2) is 0 Å². The first-order valence-electron chi connectivity index (χ1n) is 5.43. The third-order valence-electron chi connectivity index (χ3n) is 2.45. The number of urea groups is 1. The van der Waals surface area contributed by atoms with Crippen LogP contribution in [0.15, 0.2) is 24.3 Å². The van der Waals surface area contributed by atoms with E-state index < -0.39 is 0 Å². The molecule has 0 radical (unpaired) electrons. The summed E-state index contributed by atoms with van der Waals surface area (Å²) >= 11 is 0. The molecule has 88 valence electrons. The van der Waals surface area contributed by atoms with Crippen LogP contribution >= 0.6 is 0 Å². The fraction of sp³-hybridized carbons (Fsp3) is 0.417. The molecule has 0 aliphatic rings. The number of rotatable bonds is 4. The second-order valence-corrected chi connectivity index (χ2v) is 3.63. The average molecular weight is 221 g/mol. The predicted molar refractivity (Wildman–Crippen MR) is 66.5 cm³/mol. The van der Waals surface area contributed by atoms with Crippen molar-refractivity contribution in [1.29, 1.82) is 0 Å². The number of nitrogens with one attached hydrogen (secondary N) is 2. The number of hydrogen-bond acceptors (Lipinski definition) is 2. The van der Waals surface area contributed by atoms with Crippen LogP contribution in [0.2, 0.25) is 0 Å². The Morgan fingerprint density at radius 1 is 1.38 bits per heavy atom. The van der Waals surface area contributed by atoms with Crippen LogP contribution in [0.1, 0.15) is 12.5 Å². The van der Waals surface area contributed by atoms with E-state index in [0.29, 0.717) is 6.54 Å². The lowest BCUT2D eigenvalue weighted by Crippen LogP contribution is -2.31. The number of amides is 2. The SMILES string of the molecule is CCN(C)C(=O)Nc1ccccc1CNC. The number of anilines is 1.